The molecule has 2 heterocycles. The molecule has 1 aromatic heterocycles. The Balaban J connectivity index is 2.48. The van der Waals surface area contributed by atoms with E-state index in [0.29, 0.717) is 0 Å². The number of hydrogen-bond donors (Lipinski definition) is 1. The molecule has 1 aliphatic rings. The number of aromatic nitrogens is 2. The van der Waals surface area contributed by atoms with E-state index in [-0.39, 0.29) is 0 Å². The normalized spacial score (nSPS) is 15.4. The zero-order chi connectivity index (χ0) is 10.1. The average molecular weight is 194 g/mol. The van der Waals surface area contributed by atoms with Gasteiger partial charge in [0.15, 0.2) is 0 Å². The van der Waals surface area contributed by atoms with Crippen LogP contribution >= 0.6 is 0 Å². The van der Waals surface area contributed by atoms with E-state index in [0.717, 1.165) is 25.9 Å². The Morgan fingerprint density at radius 1 is 1.50 bits per heavy atom. The number of hydrogen-bond acceptors (Lipinski definition) is 3. The van der Waals surface area contributed by atoms with E-state index < -0.39 is 0 Å². The van der Waals surface area contributed by atoms with Crippen LogP contribution in [0.1, 0.15) is 24.1 Å². The molecule has 0 spiro atoms. The molecular formula is C10H18N4. The molecule has 0 atom stereocenters. The van der Waals surface area contributed by atoms with Gasteiger partial charge in [-0.15, -0.1) is 0 Å². The Hall–Kier alpha value is -1.03. The van der Waals surface area contributed by atoms with Gasteiger partial charge in [0.2, 0.25) is 0 Å². The number of nitrogens with one attached hydrogen (secondary N) is 1. The van der Waals surface area contributed by atoms with Crippen LogP contribution in [0.2, 0.25) is 0 Å². The summed E-state index contributed by atoms with van der Waals surface area (Å²) in [5.41, 5.74) is 2.60. The van der Waals surface area contributed by atoms with Crippen LogP contribution in [0.3, 0.4) is 0 Å². The van der Waals surface area contributed by atoms with E-state index >= 15 is 0 Å². The lowest BCUT2D eigenvalue weighted by atomic mass is 10.2. The van der Waals surface area contributed by atoms with E-state index in [4.69, 9.17) is 0 Å². The van der Waals surface area contributed by atoms with Crippen LogP contribution in [0.5, 0.6) is 0 Å². The molecule has 0 aromatic carbocycles. The minimum atomic E-state index is 0.920. The van der Waals surface area contributed by atoms with E-state index in [1.165, 1.54) is 17.2 Å². The smallest absolute Gasteiger partial charge is 0.127 e. The van der Waals surface area contributed by atoms with Crippen molar-refractivity contribution in [1.29, 1.82) is 0 Å². The highest BCUT2D eigenvalue weighted by Gasteiger charge is 2.19. The highest BCUT2D eigenvalue weighted by Crippen LogP contribution is 2.15. The van der Waals surface area contributed by atoms with Crippen molar-refractivity contribution >= 4 is 0 Å². The molecule has 0 fully saturated rings. The number of fused-ring (bicyclic) bond motifs is 1. The van der Waals surface area contributed by atoms with Crippen molar-refractivity contribution in [2.24, 2.45) is 0 Å². The van der Waals surface area contributed by atoms with Gasteiger partial charge in [-0.1, -0.05) is 6.92 Å². The van der Waals surface area contributed by atoms with Gasteiger partial charge < -0.3 is 10.3 Å². The predicted octanol–water partition coefficient (Wildman–Crippen LogP) is 0.289. The molecule has 0 aliphatic carbocycles. The first kappa shape index (κ1) is 9.52. The van der Waals surface area contributed by atoms with Crippen molar-refractivity contribution in [3.05, 3.63) is 17.2 Å². The molecule has 2 rings (SSSR count). The third-order valence-corrected chi connectivity index (χ3v) is 2.64. The molecule has 0 saturated heterocycles. The van der Waals surface area contributed by atoms with Crippen LogP contribution in [-0.4, -0.2) is 30.3 Å². The summed E-state index contributed by atoms with van der Waals surface area (Å²) in [6.07, 6.45) is 2.08. The highest BCUT2D eigenvalue weighted by atomic mass is 15.5. The van der Waals surface area contributed by atoms with E-state index in [1.54, 1.807) is 0 Å². The Labute approximate surface area is 84.9 Å². The van der Waals surface area contributed by atoms with Crippen LogP contribution in [0, 0.1) is 0 Å². The summed E-state index contributed by atoms with van der Waals surface area (Å²) in [5.74, 6) is 1.17. The first-order valence-electron chi connectivity index (χ1n) is 5.21. The number of aryl methyl sites for hydroxylation is 1. The Morgan fingerprint density at radius 2 is 2.29 bits per heavy atom. The largest absolute Gasteiger partial charge is 0.317 e. The standard InChI is InChI=1S/C10H18N4/c1-4-10-12-8-7-11-6-5-9(8)14(10)13(2)3/h11H,4-7H2,1-3H3. The first-order valence-corrected chi connectivity index (χ1v) is 5.21. The minimum Gasteiger partial charge on any atom is -0.317 e. The summed E-state index contributed by atoms with van der Waals surface area (Å²) in [7, 11) is 4.15. The molecule has 78 valence electrons. The summed E-state index contributed by atoms with van der Waals surface area (Å²) >= 11 is 0. The maximum atomic E-state index is 4.65. The average Bonchev–Trinajstić information content (AvgIpc) is 2.55. The van der Waals surface area contributed by atoms with Gasteiger partial charge in [0, 0.05) is 40.0 Å². The summed E-state index contributed by atoms with van der Waals surface area (Å²) < 4.78 is 2.25. The van der Waals surface area contributed by atoms with Crippen LogP contribution in [0.15, 0.2) is 0 Å². The predicted molar refractivity (Wildman–Crippen MR) is 57.1 cm³/mol. The lowest BCUT2D eigenvalue weighted by molar-refractivity contribution is 0.586. The molecule has 14 heavy (non-hydrogen) atoms. The molecule has 4 nitrogen and oxygen atoms in total. The fourth-order valence-electron chi connectivity index (χ4n) is 2.05. The highest BCUT2D eigenvalue weighted by molar-refractivity contribution is 5.22. The molecular weight excluding hydrogens is 176 g/mol. The zero-order valence-corrected chi connectivity index (χ0v) is 9.17. The van der Waals surface area contributed by atoms with Crippen molar-refractivity contribution < 1.29 is 0 Å². The maximum Gasteiger partial charge on any atom is 0.127 e. The molecule has 4 heteroatoms. The van der Waals surface area contributed by atoms with Crippen LogP contribution < -0.4 is 10.3 Å². The Kier molecular flexibility index (Phi) is 2.46. The van der Waals surface area contributed by atoms with Crippen molar-refractivity contribution in [2.75, 3.05) is 25.6 Å². The topological polar surface area (TPSA) is 33.1 Å². The number of imidazole rings is 1. The van der Waals surface area contributed by atoms with Gasteiger partial charge in [-0.25, -0.2) is 9.66 Å². The lowest BCUT2D eigenvalue weighted by Gasteiger charge is -2.22. The monoisotopic (exact) mass is 194 g/mol. The van der Waals surface area contributed by atoms with Gasteiger partial charge in [0.1, 0.15) is 5.82 Å². The number of rotatable bonds is 2. The van der Waals surface area contributed by atoms with Gasteiger partial charge >= 0.3 is 0 Å². The van der Waals surface area contributed by atoms with Gasteiger partial charge in [-0.3, -0.25) is 0 Å². The van der Waals surface area contributed by atoms with Crippen molar-refractivity contribution in [3.8, 4) is 0 Å². The van der Waals surface area contributed by atoms with Gasteiger partial charge in [-0.05, 0) is 0 Å². The van der Waals surface area contributed by atoms with E-state index in [2.05, 4.69) is 41.0 Å². The summed E-state index contributed by atoms with van der Waals surface area (Å²) in [6.45, 7) is 4.14. The van der Waals surface area contributed by atoms with E-state index in [1.807, 2.05) is 0 Å². The van der Waals surface area contributed by atoms with Gasteiger partial charge in [0.25, 0.3) is 0 Å². The fourth-order valence-corrected chi connectivity index (χ4v) is 2.05. The third-order valence-electron chi connectivity index (χ3n) is 2.64. The second kappa shape index (κ2) is 3.61. The van der Waals surface area contributed by atoms with Crippen LogP contribution in [0.4, 0.5) is 0 Å². The molecule has 1 aliphatic heterocycles. The SMILES string of the molecule is CCc1nc2c(n1N(C)C)CCNC2. The minimum absolute atomic E-state index is 0.920. The molecule has 0 bridgehead atoms. The third kappa shape index (κ3) is 1.39. The molecule has 0 saturated carbocycles. The second-order valence-corrected chi connectivity index (χ2v) is 3.86. The Morgan fingerprint density at radius 3 is 2.93 bits per heavy atom. The molecule has 1 aromatic rings. The summed E-state index contributed by atoms with van der Waals surface area (Å²) in [4.78, 5) is 4.65. The molecule has 0 unspecified atom stereocenters. The van der Waals surface area contributed by atoms with Gasteiger partial charge in [0.05, 0.1) is 11.4 Å². The van der Waals surface area contributed by atoms with Crippen molar-refractivity contribution in [3.63, 3.8) is 0 Å². The summed E-state index contributed by atoms with van der Waals surface area (Å²) in [5, 5.41) is 5.47. The summed E-state index contributed by atoms with van der Waals surface area (Å²) in [6, 6.07) is 0. The quantitative estimate of drug-likeness (QED) is 0.734. The van der Waals surface area contributed by atoms with E-state index in [9.17, 15) is 0 Å². The molecule has 0 amide bonds. The zero-order valence-electron chi connectivity index (χ0n) is 9.17. The second-order valence-electron chi connectivity index (χ2n) is 3.86. The lowest BCUT2D eigenvalue weighted by Crippen LogP contribution is -2.32. The molecule has 1 N–H and O–H groups in total. The van der Waals surface area contributed by atoms with Gasteiger partial charge in [-0.2, -0.15) is 0 Å². The fraction of sp³-hybridized carbons (Fsp3) is 0.700. The molecule has 0 radical (unpaired) electrons. The maximum absolute atomic E-state index is 4.65. The van der Waals surface area contributed by atoms with Crippen molar-refractivity contribution in [2.45, 2.75) is 26.3 Å². The Bertz CT molecular complexity index is 327. The number of nitrogens with zero attached hydrogens (tertiary/aromatic N) is 3. The van der Waals surface area contributed by atoms with Crippen LogP contribution in [0.25, 0.3) is 0 Å². The van der Waals surface area contributed by atoms with Crippen molar-refractivity contribution in [1.82, 2.24) is 15.0 Å². The van der Waals surface area contributed by atoms with Crippen LogP contribution in [-0.2, 0) is 19.4 Å². The first-order chi connectivity index (χ1) is 6.74.